The fraction of sp³-hybridized carbons (Fsp3) is 0.538. The first-order valence-electron chi connectivity index (χ1n) is 5.95. The van der Waals surface area contributed by atoms with E-state index in [-0.39, 0.29) is 11.7 Å². The molecule has 1 atom stereocenters. The van der Waals surface area contributed by atoms with Gasteiger partial charge in [-0.05, 0) is 25.8 Å². The Labute approximate surface area is 104 Å². The SMILES string of the molecule is C[C@@H](N)c1cccc(C(F)(F)COC2CC2)c1F. The topological polar surface area (TPSA) is 35.2 Å². The van der Waals surface area contributed by atoms with E-state index in [1.165, 1.54) is 12.1 Å². The Morgan fingerprint density at radius 1 is 1.44 bits per heavy atom. The fourth-order valence-corrected chi connectivity index (χ4v) is 1.72. The smallest absolute Gasteiger partial charge is 0.298 e. The molecule has 2 N–H and O–H groups in total. The summed E-state index contributed by atoms with van der Waals surface area (Å²) in [6.07, 6.45) is 1.52. The summed E-state index contributed by atoms with van der Waals surface area (Å²) in [4.78, 5) is 0. The first kappa shape index (κ1) is 13.4. The first-order chi connectivity index (χ1) is 8.42. The number of rotatable bonds is 5. The third-order valence-corrected chi connectivity index (χ3v) is 2.94. The lowest BCUT2D eigenvalue weighted by molar-refractivity contribution is -0.0895. The van der Waals surface area contributed by atoms with Crippen LogP contribution in [0.2, 0.25) is 0 Å². The van der Waals surface area contributed by atoms with E-state index in [9.17, 15) is 13.2 Å². The summed E-state index contributed by atoms with van der Waals surface area (Å²) in [6.45, 7) is 0.776. The van der Waals surface area contributed by atoms with Crippen LogP contribution in [-0.2, 0) is 10.7 Å². The van der Waals surface area contributed by atoms with Crippen molar-refractivity contribution in [1.82, 2.24) is 0 Å². The van der Waals surface area contributed by atoms with E-state index in [1.807, 2.05) is 0 Å². The van der Waals surface area contributed by atoms with E-state index in [0.717, 1.165) is 18.9 Å². The van der Waals surface area contributed by atoms with E-state index in [4.69, 9.17) is 10.5 Å². The lowest BCUT2D eigenvalue weighted by Gasteiger charge is -2.19. The summed E-state index contributed by atoms with van der Waals surface area (Å²) in [5.41, 5.74) is 5.00. The Morgan fingerprint density at radius 2 is 2.11 bits per heavy atom. The van der Waals surface area contributed by atoms with Crippen LogP contribution in [0.25, 0.3) is 0 Å². The number of alkyl halides is 2. The van der Waals surface area contributed by atoms with Crippen LogP contribution in [0.15, 0.2) is 18.2 Å². The molecule has 100 valence electrons. The Morgan fingerprint density at radius 3 is 2.67 bits per heavy atom. The van der Waals surface area contributed by atoms with E-state index >= 15 is 0 Å². The molecular weight excluding hydrogens is 243 g/mol. The van der Waals surface area contributed by atoms with Gasteiger partial charge in [-0.25, -0.2) is 4.39 Å². The van der Waals surface area contributed by atoms with Crippen molar-refractivity contribution in [1.29, 1.82) is 0 Å². The second kappa shape index (κ2) is 4.90. The number of ether oxygens (including phenoxy) is 1. The van der Waals surface area contributed by atoms with Gasteiger partial charge in [0.05, 0.1) is 11.7 Å². The van der Waals surface area contributed by atoms with Gasteiger partial charge in [0.25, 0.3) is 5.92 Å². The minimum atomic E-state index is -3.32. The summed E-state index contributed by atoms with van der Waals surface area (Å²) >= 11 is 0. The van der Waals surface area contributed by atoms with Crippen molar-refractivity contribution in [3.8, 4) is 0 Å². The Bertz CT molecular complexity index is 430. The molecule has 5 heteroatoms. The molecule has 0 aromatic heterocycles. The van der Waals surface area contributed by atoms with Crippen LogP contribution in [0.3, 0.4) is 0 Å². The Balaban J connectivity index is 2.22. The molecule has 1 aliphatic rings. The van der Waals surface area contributed by atoms with Gasteiger partial charge in [-0.3, -0.25) is 0 Å². The van der Waals surface area contributed by atoms with Crippen LogP contribution in [0, 0.1) is 5.82 Å². The number of nitrogens with two attached hydrogens (primary N) is 1. The molecule has 0 unspecified atom stereocenters. The first-order valence-corrected chi connectivity index (χ1v) is 5.95. The molecule has 0 saturated heterocycles. The van der Waals surface area contributed by atoms with Crippen LogP contribution in [0.1, 0.15) is 36.9 Å². The predicted octanol–water partition coefficient (Wildman–Crippen LogP) is 3.12. The van der Waals surface area contributed by atoms with Gasteiger partial charge in [-0.1, -0.05) is 12.1 Å². The molecule has 0 amide bonds. The molecule has 2 rings (SSSR count). The van der Waals surface area contributed by atoms with Gasteiger partial charge in [0.1, 0.15) is 12.4 Å². The molecule has 0 spiro atoms. The van der Waals surface area contributed by atoms with Crippen LogP contribution < -0.4 is 5.73 Å². The van der Waals surface area contributed by atoms with Crippen LogP contribution >= 0.6 is 0 Å². The number of benzene rings is 1. The average molecular weight is 259 g/mol. The summed E-state index contributed by atoms with van der Waals surface area (Å²) in [5.74, 6) is -4.26. The highest BCUT2D eigenvalue weighted by Gasteiger charge is 2.38. The van der Waals surface area contributed by atoms with Crippen molar-refractivity contribution < 1.29 is 17.9 Å². The molecule has 0 heterocycles. The second-order valence-electron chi connectivity index (χ2n) is 4.71. The highest BCUT2D eigenvalue weighted by molar-refractivity contribution is 5.31. The standard InChI is InChI=1S/C13H16F3NO/c1-8(17)10-3-2-4-11(12(10)14)13(15,16)7-18-9-5-6-9/h2-4,8-9H,5-7,17H2,1H3/t8-/m1/s1. The maximum absolute atomic E-state index is 13.9. The lowest BCUT2D eigenvalue weighted by Crippen LogP contribution is -2.24. The van der Waals surface area contributed by atoms with Crippen molar-refractivity contribution in [3.63, 3.8) is 0 Å². The second-order valence-corrected chi connectivity index (χ2v) is 4.71. The largest absolute Gasteiger partial charge is 0.372 e. The van der Waals surface area contributed by atoms with E-state index < -0.39 is 30.0 Å². The Kier molecular flexibility index (Phi) is 3.64. The number of hydrogen-bond acceptors (Lipinski definition) is 2. The fourth-order valence-electron chi connectivity index (χ4n) is 1.72. The van der Waals surface area contributed by atoms with E-state index in [0.29, 0.717) is 0 Å². The molecule has 1 aromatic carbocycles. The monoisotopic (exact) mass is 259 g/mol. The zero-order chi connectivity index (χ0) is 13.3. The van der Waals surface area contributed by atoms with Gasteiger partial charge in [0.15, 0.2) is 0 Å². The van der Waals surface area contributed by atoms with Crippen molar-refractivity contribution in [2.75, 3.05) is 6.61 Å². The van der Waals surface area contributed by atoms with Gasteiger partial charge in [0.2, 0.25) is 0 Å². The molecule has 18 heavy (non-hydrogen) atoms. The number of hydrogen-bond donors (Lipinski definition) is 1. The highest BCUT2D eigenvalue weighted by atomic mass is 19.3. The number of halogens is 3. The molecular formula is C13H16F3NO. The third kappa shape index (κ3) is 2.84. The quantitative estimate of drug-likeness (QED) is 0.881. The molecule has 2 nitrogen and oxygen atoms in total. The highest BCUT2D eigenvalue weighted by Crippen LogP contribution is 2.35. The average Bonchev–Trinajstić information content (AvgIpc) is 3.10. The van der Waals surface area contributed by atoms with Crippen LogP contribution in [-0.4, -0.2) is 12.7 Å². The van der Waals surface area contributed by atoms with E-state index in [1.54, 1.807) is 6.92 Å². The maximum Gasteiger partial charge on any atom is 0.298 e. The lowest BCUT2D eigenvalue weighted by atomic mass is 10.0. The summed E-state index contributed by atoms with van der Waals surface area (Å²) in [5, 5.41) is 0. The van der Waals surface area contributed by atoms with Crippen molar-refractivity contribution in [2.24, 2.45) is 5.73 Å². The van der Waals surface area contributed by atoms with Gasteiger partial charge >= 0.3 is 0 Å². The van der Waals surface area contributed by atoms with Crippen LogP contribution in [0.4, 0.5) is 13.2 Å². The molecule has 0 radical (unpaired) electrons. The molecule has 1 aliphatic carbocycles. The summed E-state index contributed by atoms with van der Waals surface area (Å²) in [6, 6.07) is 3.27. The minimum absolute atomic E-state index is 0.0875. The van der Waals surface area contributed by atoms with Crippen molar-refractivity contribution in [2.45, 2.75) is 37.8 Å². The molecule has 0 aliphatic heterocycles. The third-order valence-electron chi connectivity index (χ3n) is 2.94. The minimum Gasteiger partial charge on any atom is -0.372 e. The molecule has 1 fully saturated rings. The van der Waals surface area contributed by atoms with Gasteiger partial charge < -0.3 is 10.5 Å². The van der Waals surface area contributed by atoms with Crippen LogP contribution in [0.5, 0.6) is 0 Å². The zero-order valence-electron chi connectivity index (χ0n) is 10.1. The summed E-state index contributed by atoms with van der Waals surface area (Å²) < 4.78 is 46.6. The molecule has 1 saturated carbocycles. The normalized spacial score (nSPS) is 17.8. The van der Waals surface area contributed by atoms with E-state index in [2.05, 4.69) is 0 Å². The van der Waals surface area contributed by atoms with Gasteiger partial charge in [-0.15, -0.1) is 0 Å². The predicted molar refractivity (Wildman–Crippen MR) is 61.9 cm³/mol. The maximum atomic E-state index is 13.9. The van der Waals surface area contributed by atoms with Crippen molar-refractivity contribution in [3.05, 3.63) is 35.1 Å². The molecule has 1 aromatic rings. The van der Waals surface area contributed by atoms with Gasteiger partial charge in [-0.2, -0.15) is 8.78 Å². The van der Waals surface area contributed by atoms with Gasteiger partial charge in [0, 0.05) is 11.6 Å². The molecule has 0 bridgehead atoms. The Hall–Kier alpha value is -1.07. The zero-order valence-corrected chi connectivity index (χ0v) is 10.1. The van der Waals surface area contributed by atoms with Crippen molar-refractivity contribution >= 4 is 0 Å². The summed E-state index contributed by atoms with van der Waals surface area (Å²) in [7, 11) is 0.